The summed E-state index contributed by atoms with van der Waals surface area (Å²) in [6, 6.07) is 0. The van der Waals surface area contributed by atoms with E-state index in [0.717, 1.165) is 148 Å². The van der Waals surface area contributed by atoms with Gasteiger partial charge in [0.05, 0.1) is 6.61 Å². The number of carbonyl (C=O) groups excluding carboxylic acids is 5. The van der Waals surface area contributed by atoms with E-state index in [1.165, 1.54) is 135 Å². The fourth-order valence-electron chi connectivity index (χ4n) is 13.3. The molecule has 0 heterocycles. The molecule has 16 heteroatoms. The van der Waals surface area contributed by atoms with Gasteiger partial charge >= 0.3 is 7.82 Å². The first-order chi connectivity index (χ1) is 44.1. The Morgan fingerprint density at radius 1 is 0.283 bits per heavy atom. The number of hydrogen-bond donors (Lipinski definition) is 9. The highest BCUT2D eigenvalue weighted by molar-refractivity contribution is 7.45. The second-order valence-corrected chi connectivity index (χ2v) is 28.7. The summed E-state index contributed by atoms with van der Waals surface area (Å²) in [4.78, 5) is 97.3. The Bertz CT molecular complexity index is 1820. The van der Waals surface area contributed by atoms with Crippen molar-refractivity contribution >= 4 is 36.7 Å². The largest absolute Gasteiger partial charge is 0.466 e. The molecule has 9 N–H and O–H groups in total. The van der Waals surface area contributed by atoms with Gasteiger partial charge in [0.2, 0.25) is 11.2 Å². The molecule has 0 aromatic rings. The molecule has 0 spiro atoms. The topological polar surface area (TPSA) is 284 Å². The monoisotopic (exact) mass is 1330 g/mol. The lowest BCUT2D eigenvalue weighted by molar-refractivity contribution is -0.282. The van der Waals surface area contributed by atoms with Crippen molar-refractivity contribution in [3.05, 3.63) is 0 Å². The molecule has 0 aliphatic heterocycles. The molecule has 0 aliphatic carbocycles. The molecule has 0 amide bonds. The minimum atomic E-state index is -4.64. The number of unbranched alkanes of at least 4 members (excludes halogenated alkanes) is 50. The first-order valence-electron chi connectivity index (χ1n) is 38.8. The smallest absolute Gasteiger partial charge is 0.393 e. The second kappa shape index (κ2) is 60.4. The third-order valence-electron chi connectivity index (χ3n) is 19.4. The number of hydrogen-bond acceptors (Lipinski definition) is 12. The Morgan fingerprint density at radius 2 is 0.457 bits per heavy atom. The maximum atomic E-state index is 15.6. The first kappa shape index (κ1) is 92.3. The third kappa shape index (κ3) is 41.5. The molecular weight excluding hydrogens is 1180 g/mol. The minimum absolute atomic E-state index is 0.0798. The van der Waals surface area contributed by atoms with Gasteiger partial charge in [-0.2, -0.15) is 0 Å². The predicted molar refractivity (Wildman–Crippen MR) is 378 cm³/mol. The maximum Gasteiger partial charge on any atom is 0.466 e. The third-order valence-corrected chi connectivity index (χ3v) is 19.4. The van der Waals surface area contributed by atoms with Crippen LogP contribution in [0.4, 0.5) is 0 Å². The molecule has 0 aliphatic rings. The molecular formula is C76H147O15P. The van der Waals surface area contributed by atoms with Crippen molar-refractivity contribution < 1.29 is 73.9 Å². The zero-order chi connectivity index (χ0) is 69.1. The van der Waals surface area contributed by atoms with Crippen molar-refractivity contribution in [2.75, 3.05) is 6.61 Å². The molecule has 0 saturated heterocycles. The van der Waals surface area contributed by atoms with E-state index in [9.17, 15) is 40.2 Å². The lowest BCUT2D eigenvalue weighted by Gasteiger charge is -2.55. The fraction of sp³-hybridized carbons (Fsp3) is 0.934. The van der Waals surface area contributed by atoms with E-state index in [-0.39, 0.29) is 38.5 Å². The quantitative estimate of drug-likeness (QED) is 0.0202. The Kier molecular flexibility index (Phi) is 60.6. The molecule has 0 radical (unpaired) electrons. The van der Waals surface area contributed by atoms with Gasteiger partial charge in [-0.3, -0.25) is 24.0 Å². The number of rotatable bonds is 70. The van der Waals surface area contributed by atoms with E-state index in [2.05, 4.69) is 34.6 Å². The Balaban J connectivity index is 0. The summed E-state index contributed by atoms with van der Waals surface area (Å²) in [7, 11) is -4.64. The summed E-state index contributed by atoms with van der Waals surface area (Å²) < 4.78 is 8.88. The van der Waals surface area contributed by atoms with E-state index in [0.29, 0.717) is 38.5 Å². The van der Waals surface area contributed by atoms with Gasteiger partial charge in [0.1, 0.15) is 0 Å². The van der Waals surface area contributed by atoms with Crippen LogP contribution in [-0.2, 0) is 28.5 Å². The van der Waals surface area contributed by atoms with Gasteiger partial charge in [-0.25, -0.2) is 4.57 Å². The summed E-state index contributed by atoms with van der Waals surface area (Å²) >= 11 is 0. The van der Waals surface area contributed by atoms with Crippen LogP contribution in [0.25, 0.3) is 0 Å². The zero-order valence-corrected chi connectivity index (χ0v) is 61.0. The summed E-state index contributed by atoms with van der Waals surface area (Å²) in [6.45, 7) is 9.32. The number of aliphatic hydroxyl groups excluding tert-OH is 2. The van der Waals surface area contributed by atoms with Gasteiger partial charge in [0.15, 0.2) is 46.2 Å². The standard InChI is InChI=1S/C76H144O11.H3O4P/c1-6-11-16-21-26-31-36-41-46-51-56-61-67(78)72(83)74(85,69(80)63-58-53-48-43-38-33-28-23-18-13-8-3)76(87,71(82)65-60-55-50-45-40-35-30-25-20-15-10-5)75(86,70(81)64-59-54-49-44-39-34-29-24-19-14-9-4)73(84,66-77)68(79)62-57-52-47-42-37-32-27-22-17-12-7-2;1-5(2,3)4/h72,77,83-87H,6-66H2,1-5H3;(H3,1,2,3,4)/t72?,73-,74+,75+,76+;/m0./s1. The van der Waals surface area contributed by atoms with E-state index in [4.69, 9.17) is 19.2 Å². The van der Waals surface area contributed by atoms with E-state index in [1.807, 2.05) is 0 Å². The maximum absolute atomic E-state index is 15.6. The van der Waals surface area contributed by atoms with Gasteiger partial charge in [-0.15, -0.1) is 0 Å². The zero-order valence-electron chi connectivity index (χ0n) is 60.1. The van der Waals surface area contributed by atoms with Crippen molar-refractivity contribution in [1.29, 1.82) is 0 Å². The average Bonchev–Trinajstić information content (AvgIpc) is 0.689. The molecule has 5 atom stereocenters. The van der Waals surface area contributed by atoms with Crippen molar-refractivity contribution in [3.8, 4) is 0 Å². The Labute approximate surface area is 563 Å². The van der Waals surface area contributed by atoms with Gasteiger partial charge in [-0.1, -0.05) is 356 Å². The Morgan fingerprint density at radius 3 is 0.674 bits per heavy atom. The van der Waals surface area contributed by atoms with Crippen LogP contribution in [0.15, 0.2) is 0 Å². The number of phosphoric acid groups is 1. The summed E-state index contributed by atoms with van der Waals surface area (Å²) in [5, 5.41) is 77.8. The molecule has 0 aromatic heterocycles. The lowest BCUT2D eigenvalue weighted by atomic mass is 9.54. The van der Waals surface area contributed by atoms with Crippen molar-refractivity contribution in [3.63, 3.8) is 0 Å². The van der Waals surface area contributed by atoms with Crippen LogP contribution in [0.2, 0.25) is 0 Å². The number of Topliss-reactive ketones (excluding diaryl/α,β-unsaturated/α-hetero) is 5. The minimum Gasteiger partial charge on any atom is -0.393 e. The van der Waals surface area contributed by atoms with E-state index >= 15 is 14.4 Å². The molecule has 92 heavy (non-hydrogen) atoms. The lowest BCUT2D eigenvalue weighted by Crippen LogP contribution is -2.87. The fourth-order valence-corrected chi connectivity index (χ4v) is 13.3. The van der Waals surface area contributed by atoms with E-state index in [1.54, 1.807) is 0 Å². The van der Waals surface area contributed by atoms with Crippen molar-refractivity contribution in [1.82, 2.24) is 0 Å². The number of aliphatic hydroxyl groups is 6. The molecule has 0 bridgehead atoms. The van der Waals surface area contributed by atoms with Gasteiger partial charge in [0.25, 0.3) is 0 Å². The SMILES string of the molecule is CCCCCCCCCCCCCC(=O)C(O)[C@](O)(C(=O)CCCCCCCCCCCCC)[C@](O)(C(=O)CCCCCCCCCCCCC)[C@@](O)(C(=O)CCCCCCCCCCCCC)[C@](O)(CO)C(=O)CCCCCCCCCCCCC.O=P(O)(O)O. The predicted octanol–water partition coefficient (Wildman–Crippen LogP) is 18.7. The average molecular weight is 1330 g/mol. The van der Waals surface area contributed by atoms with Crippen LogP contribution in [0.3, 0.4) is 0 Å². The first-order valence-corrected chi connectivity index (χ1v) is 40.3. The van der Waals surface area contributed by atoms with E-state index < -0.39 is 97.5 Å². The molecule has 1 unspecified atom stereocenters. The highest BCUT2D eigenvalue weighted by Crippen LogP contribution is 2.48. The number of ketones is 5. The molecule has 15 nitrogen and oxygen atoms in total. The highest BCUT2D eigenvalue weighted by Gasteiger charge is 2.80. The molecule has 0 saturated carbocycles. The van der Waals surface area contributed by atoms with Crippen molar-refractivity contribution in [2.24, 2.45) is 0 Å². The molecule has 0 rings (SSSR count). The second-order valence-electron chi connectivity index (χ2n) is 27.7. The highest BCUT2D eigenvalue weighted by atomic mass is 31.2. The molecule has 546 valence electrons. The van der Waals surface area contributed by atoms with Crippen LogP contribution in [0, 0.1) is 0 Å². The summed E-state index contributed by atoms with van der Waals surface area (Å²) in [6.07, 6.45) is 46.5. The number of carbonyl (C=O) groups is 5. The van der Waals surface area contributed by atoms with Crippen molar-refractivity contribution in [2.45, 2.75) is 448 Å². The summed E-state index contributed by atoms with van der Waals surface area (Å²) in [5.41, 5.74) is -15.8. The van der Waals surface area contributed by atoms with Crippen LogP contribution < -0.4 is 0 Å². The Hall–Kier alpha value is -1.78. The molecule has 0 fully saturated rings. The van der Waals surface area contributed by atoms with Gasteiger partial charge in [-0.05, 0) is 32.1 Å². The van der Waals surface area contributed by atoms with Gasteiger partial charge in [0, 0.05) is 32.1 Å². The van der Waals surface area contributed by atoms with Crippen LogP contribution in [0.5, 0.6) is 0 Å². The van der Waals surface area contributed by atoms with Crippen LogP contribution in [0.1, 0.15) is 420 Å². The normalized spacial score (nSPS) is 14.8. The van der Waals surface area contributed by atoms with Crippen LogP contribution >= 0.6 is 7.82 Å². The molecule has 0 aromatic carbocycles. The van der Waals surface area contributed by atoms with Crippen LogP contribution in [-0.4, -0.2) is 109 Å². The summed E-state index contributed by atoms with van der Waals surface area (Å²) in [5.74, 6) is -6.51. The van der Waals surface area contributed by atoms with Gasteiger partial charge < -0.3 is 45.3 Å².